The smallest absolute Gasteiger partial charge is 0.268 e. The molecule has 1 aliphatic rings. The first-order valence-corrected chi connectivity index (χ1v) is 6.03. The first-order valence-electron chi connectivity index (χ1n) is 6.03. The van der Waals surface area contributed by atoms with E-state index in [0.717, 1.165) is 36.4 Å². The lowest BCUT2D eigenvalue weighted by atomic mass is 10.1. The van der Waals surface area contributed by atoms with Crippen LogP contribution in [-0.2, 0) is 0 Å². The molecule has 2 aromatic rings. The number of nitro groups is 1. The molecule has 1 heterocycles. The number of hydrogen-bond acceptors (Lipinski definition) is 4. The Labute approximate surface area is 121 Å². The fraction of sp³-hybridized carbons (Fsp3) is 0. The number of benzene rings is 2. The van der Waals surface area contributed by atoms with Crippen LogP contribution in [0, 0.1) is 21.7 Å². The number of nitrogens with zero attached hydrogens (tertiary/aromatic N) is 2. The van der Waals surface area contributed by atoms with Crippen molar-refractivity contribution in [3.8, 4) is 0 Å². The van der Waals surface area contributed by atoms with Crippen LogP contribution < -0.4 is 4.90 Å². The van der Waals surface area contributed by atoms with Gasteiger partial charge in [0.1, 0.15) is 17.3 Å². The summed E-state index contributed by atoms with van der Waals surface area (Å²) in [4.78, 5) is 34.8. The molecule has 1 aliphatic heterocycles. The number of rotatable bonds is 2. The molecule has 0 radical (unpaired) electrons. The third kappa shape index (κ3) is 1.85. The Hall–Kier alpha value is -3.16. The Bertz CT molecular complexity index is 830. The van der Waals surface area contributed by atoms with Crippen LogP contribution in [0.15, 0.2) is 36.4 Å². The number of anilines is 1. The summed E-state index contributed by atoms with van der Waals surface area (Å²) in [7, 11) is 0. The molecular weight excluding hydrogens is 298 g/mol. The van der Waals surface area contributed by atoms with Crippen LogP contribution >= 0.6 is 0 Å². The van der Waals surface area contributed by atoms with Gasteiger partial charge in [0, 0.05) is 12.1 Å². The van der Waals surface area contributed by atoms with Gasteiger partial charge in [-0.25, -0.2) is 13.7 Å². The maximum Gasteiger partial charge on any atom is 0.270 e. The van der Waals surface area contributed by atoms with Gasteiger partial charge in [-0.1, -0.05) is 6.07 Å². The van der Waals surface area contributed by atoms with Gasteiger partial charge in [0.15, 0.2) is 0 Å². The molecule has 0 aromatic heterocycles. The maximum atomic E-state index is 13.8. The SMILES string of the molecule is O=C1c2ccc([N+](=O)[O-])cc2C(=O)N1c1c(F)cccc1F. The van der Waals surface area contributed by atoms with E-state index < -0.39 is 39.7 Å². The highest BCUT2D eigenvalue weighted by molar-refractivity contribution is 6.34. The molecule has 0 spiro atoms. The van der Waals surface area contributed by atoms with Crippen LogP contribution in [0.1, 0.15) is 20.7 Å². The van der Waals surface area contributed by atoms with E-state index in [0.29, 0.717) is 4.90 Å². The largest absolute Gasteiger partial charge is 0.270 e. The number of halogens is 2. The minimum Gasteiger partial charge on any atom is -0.268 e. The highest BCUT2D eigenvalue weighted by Crippen LogP contribution is 2.33. The molecular formula is C14H6F2N2O4. The van der Waals surface area contributed by atoms with Crippen molar-refractivity contribution in [3.05, 3.63) is 69.3 Å². The zero-order valence-corrected chi connectivity index (χ0v) is 10.7. The van der Waals surface area contributed by atoms with E-state index in [9.17, 15) is 28.5 Å². The normalized spacial score (nSPS) is 13.5. The molecule has 3 rings (SSSR count). The van der Waals surface area contributed by atoms with Gasteiger partial charge in [-0.05, 0) is 18.2 Å². The topological polar surface area (TPSA) is 80.5 Å². The number of hydrogen-bond donors (Lipinski definition) is 0. The Morgan fingerprint density at radius 1 is 0.955 bits per heavy atom. The summed E-state index contributed by atoms with van der Waals surface area (Å²) in [5.41, 5.74) is -1.59. The van der Waals surface area contributed by atoms with Crippen molar-refractivity contribution in [2.75, 3.05) is 4.90 Å². The predicted molar refractivity (Wildman–Crippen MR) is 70.6 cm³/mol. The molecule has 110 valence electrons. The zero-order valence-electron chi connectivity index (χ0n) is 10.7. The summed E-state index contributed by atoms with van der Waals surface area (Å²) < 4.78 is 27.6. The number of carbonyl (C=O) groups excluding carboxylic acids is 2. The summed E-state index contributed by atoms with van der Waals surface area (Å²) in [5.74, 6) is -4.10. The molecule has 8 heteroatoms. The van der Waals surface area contributed by atoms with Crippen LogP contribution in [-0.4, -0.2) is 16.7 Å². The zero-order chi connectivity index (χ0) is 16.0. The average Bonchev–Trinajstić information content (AvgIpc) is 2.72. The third-order valence-electron chi connectivity index (χ3n) is 3.24. The molecule has 0 unspecified atom stereocenters. The average molecular weight is 304 g/mol. The van der Waals surface area contributed by atoms with Gasteiger partial charge >= 0.3 is 0 Å². The highest BCUT2D eigenvalue weighted by atomic mass is 19.1. The van der Waals surface area contributed by atoms with Crippen LogP contribution in [0.4, 0.5) is 20.2 Å². The van der Waals surface area contributed by atoms with Gasteiger partial charge in [-0.3, -0.25) is 19.7 Å². The molecule has 6 nitrogen and oxygen atoms in total. The lowest BCUT2D eigenvalue weighted by molar-refractivity contribution is -0.384. The first-order chi connectivity index (χ1) is 10.4. The number of imide groups is 1. The van der Waals surface area contributed by atoms with Gasteiger partial charge in [-0.2, -0.15) is 0 Å². The number of non-ortho nitro benzene ring substituents is 1. The van der Waals surface area contributed by atoms with Crippen LogP contribution in [0.5, 0.6) is 0 Å². The van der Waals surface area contributed by atoms with E-state index in [-0.39, 0.29) is 11.1 Å². The first kappa shape index (κ1) is 13.8. The second-order valence-corrected chi connectivity index (χ2v) is 4.50. The van der Waals surface area contributed by atoms with Gasteiger partial charge in [0.25, 0.3) is 17.5 Å². The summed E-state index contributed by atoms with van der Waals surface area (Å²) in [5, 5.41) is 10.7. The molecule has 22 heavy (non-hydrogen) atoms. The maximum absolute atomic E-state index is 13.8. The molecule has 2 aromatic carbocycles. The molecule has 2 amide bonds. The third-order valence-corrected chi connectivity index (χ3v) is 3.24. The molecule has 0 bridgehead atoms. The number of carbonyl (C=O) groups is 2. The quantitative estimate of drug-likeness (QED) is 0.485. The summed E-state index contributed by atoms with van der Waals surface area (Å²) >= 11 is 0. The van der Waals surface area contributed by atoms with E-state index in [2.05, 4.69) is 0 Å². The second kappa shape index (κ2) is 4.69. The monoisotopic (exact) mass is 304 g/mol. The van der Waals surface area contributed by atoms with Crippen molar-refractivity contribution >= 4 is 23.2 Å². The van der Waals surface area contributed by atoms with Crippen molar-refractivity contribution in [1.29, 1.82) is 0 Å². The van der Waals surface area contributed by atoms with Gasteiger partial charge in [-0.15, -0.1) is 0 Å². The number of fused-ring (bicyclic) bond motifs is 1. The Balaban J connectivity index is 2.17. The highest BCUT2D eigenvalue weighted by Gasteiger charge is 2.40. The summed E-state index contributed by atoms with van der Waals surface area (Å²) in [6, 6.07) is 5.96. The Morgan fingerprint density at radius 3 is 2.14 bits per heavy atom. The predicted octanol–water partition coefficient (Wildman–Crippen LogP) is 2.67. The fourth-order valence-electron chi connectivity index (χ4n) is 2.25. The van der Waals surface area contributed by atoms with Crippen LogP contribution in [0.25, 0.3) is 0 Å². The molecule has 0 atom stereocenters. The second-order valence-electron chi connectivity index (χ2n) is 4.50. The van der Waals surface area contributed by atoms with Gasteiger partial charge in [0.2, 0.25) is 0 Å². The Morgan fingerprint density at radius 2 is 1.55 bits per heavy atom. The van der Waals surface area contributed by atoms with Gasteiger partial charge < -0.3 is 0 Å². The van der Waals surface area contributed by atoms with E-state index >= 15 is 0 Å². The van der Waals surface area contributed by atoms with Gasteiger partial charge in [0.05, 0.1) is 16.1 Å². The standard InChI is InChI=1S/C14H6F2N2O4/c15-10-2-1-3-11(16)12(10)17-13(19)8-5-4-7(18(21)22)6-9(8)14(17)20/h1-6H. The van der Waals surface area contributed by atoms with Crippen LogP contribution in [0.3, 0.4) is 0 Å². The summed E-state index contributed by atoms with van der Waals surface area (Å²) in [6.07, 6.45) is 0. The van der Waals surface area contributed by atoms with Crippen molar-refractivity contribution in [2.24, 2.45) is 0 Å². The van der Waals surface area contributed by atoms with E-state index in [1.165, 1.54) is 0 Å². The molecule has 0 N–H and O–H groups in total. The minimum atomic E-state index is -1.08. The van der Waals surface area contributed by atoms with Crippen molar-refractivity contribution in [1.82, 2.24) is 0 Å². The van der Waals surface area contributed by atoms with E-state index in [1.807, 2.05) is 0 Å². The minimum absolute atomic E-state index is 0.141. The van der Waals surface area contributed by atoms with Crippen molar-refractivity contribution in [2.45, 2.75) is 0 Å². The van der Waals surface area contributed by atoms with Crippen molar-refractivity contribution in [3.63, 3.8) is 0 Å². The molecule has 0 aliphatic carbocycles. The lowest BCUT2D eigenvalue weighted by Crippen LogP contribution is -2.31. The fourth-order valence-corrected chi connectivity index (χ4v) is 2.25. The lowest BCUT2D eigenvalue weighted by Gasteiger charge is -2.15. The molecule has 0 fully saturated rings. The summed E-state index contributed by atoms with van der Waals surface area (Å²) in [6.45, 7) is 0. The van der Waals surface area contributed by atoms with E-state index in [4.69, 9.17) is 0 Å². The molecule has 0 saturated heterocycles. The number of amides is 2. The van der Waals surface area contributed by atoms with E-state index in [1.54, 1.807) is 0 Å². The Kier molecular flexibility index (Phi) is 2.94. The number of para-hydroxylation sites is 1. The van der Waals surface area contributed by atoms with Crippen molar-refractivity contribution < 1.29 is 23.3 Å². The van der Waals surface area contributed by atoms with Crippen LogP contribution in [0.2, 0.25) is 0 Å². The molecule has 0 saturated carbocycles. The number of nitro benzene ring substituents is 1.